The van der Waals surface area contributed by atoms with Crippen LogP contribution >= 0.6 is 0 Å². The van der Waals surface area contributed by atoms with Crippen LogP contribution in [0, 0.1) is 5.82 Å². The van der Waals surface area contributed by atoms with Crippen molar-refractivity contribution in [3.8, 4) is 5.69 Å². The molecule has 0 aliphatic carbocycles. The lowest BCUT2D eigenvalue weighted by atomic mass is 9.78. The van der Waals surface area contributed by atoms with Gasteiger partial charge in [-0.25, -0.2) is 9.07 Å². The maximum Gasteiger partial charge on any atom is 0.416 e. The molecule has 42 heavy (non-hydrogen) atoms. The van der Waals surface area contributed by atoms with E-state index in [0.29, 0.717) is 28.3 Å². The smallest absolute Gasteiger partial charge is 0.339 e. The van der Waals surface area contributed by atoms with E-state index in [4.69, 9.17) is 10.8 Å². The molecule has 0 unspecified atom stereocenters. The van der Waals surface area contributed by atoms with Gasteiger partial charge in [0.15, 0.2) is 0 Å². The minimum atomic E-state index is -4.66. The third-order valence-electron chi connectivity index (χ3n) is 7.22. The van der Waals surface area contributed by atoms with E-state index in [1.165, 1.54) is 35.2 Å². The highest BCUT2D eigenvalue weighted by Gasteiger charge is 2.47. The first-order valence-corrected chi connectivity index (χ1v) is 13.3. The van der Waals surface area contributed by atoms with E-state index in [0.717, 1.165) is 18.2 Å². The molecule has 0 fully saturated rings. The molecule has 218 valence electrons. The van der Waals surface area contributed by atoms with E-state index < -0.39 is 46.9 Å². The number of carbonyl (C=O) groups excluding carboxylic acids is 2. The highest BCUT2D eigenvalue weighted by Crippen LogP contribution is 2.45. The molecule has 2 heterocycles. The van der Waals surface area contributed by atoms with E-state index in [1.807, 2.05) is 30.3 Å². The number of rotatable bonds is 6. The number of halogens is 4. The predicted octanol–water partition coefficient (Wildman–Crippen LogP) is 5.52. The Morgan fingerprint density at radius 3 is 2.26 bits per heavy atom. The first-order chi connectivity index (χ1) is 19.8. The lowest BCUT2D eigenvalue weighted by Crippen LogP contribution is -2.55. The number of carbonyl (C=O) groups is 2. The van der Waals surface area contributed by atoms with Crippen LogP contribution in [0.4, 0.5) is 23.4 Å². The Balaban J connectivity index is 1.73. The maximum atomic E-state index is 14.2. The molecule has 0 bridgehead atoms. The largest absolute Gasteiger partial charge is 0.416 e. The zero-order valence-corrected chi connectivity index (χ0v) is 23.1. The average molecular weight is 580 g/mol. The molecule has 2 atom stereocenters. The van der Waals surface area contributed by atoms with Gasteiger partial charge < -0.3 is 11.1 Å². The van der Waals surface area contributed by atoms with E-state index in [9.17, 15) is 27.2 Å². The molecule has 0 saturated carbocycles. The van der Waals surface area contributed by atoms with Crippen LogP contribution in [-0.2, 0) is 16.5 Å². The summed E-state index contributed by atoms with van der Waals surface area (Å²) >= 11 is 0. The van der Waals surface area contributed by atoms with Crippen molar-refractivity contribution in [3.63, 3.8) is 0 Å². The molecule has 2 amide bonds. The Bertz CT molecular complexity index is 1630. The summed E-state index contributed by atoms with van der Waals surface area (Å²) in [7, 11) is 0. The Labute approximate surface area is 239 Å². The van der Waals surface area contributed by atoms with Crippen LogP contribution in [0.2, 0.25) is 0 Å². The summed E-state index contributed by atoms with van der Waals surface area (Å²) in [6.07, 6.45) is -4.66. The molecule has 5 rings (SSSR count). The first-order valence-electron chi connectivity index (χ1n) is 13.3. The van der Waals surface area contributed by atoms with Crippen molar-refractivity contribution in [2.45, 2.75) is 44.4 Å². The highest BCUT2D eigenvalue weighted by molar-refractivity contribution is 6.05. The van der Waals surface area contributed by atoms with Gasteiger partial charge in [-0.05, 0) is 68.8 Å². The van der Waals surface area contributed by atoms with Crippen molar-refractivity contribution in [1.29, 1.82) is 0 Å². The van der Waals surface area contributed by atoms with Gasteiger partial charge in [-0.2, -0.15) is 18.3 Å². The average Bonchev–Trinajstić information content (AvgIpc) is 3.35. The molecule has 1 aliphatic heterocycles. The van der Waals surface area contributed by atoms with Crippen molar-refractivity contribution in [1.82, 2.24) is 15.1 Å². The lowest BCUT2D eigenvalue weighted by molar-refractivity contribution is -0.137. The van der Waals surface area contributed by atoms with Gasteiger partial charge in [0.1, 0.15) is 17.7 Å². The Hall–Kier alpha value is -4.51. The van der Waals surface area contributed by atoms with Gasteiger partial charge in [0.2, 0.25) is 0 Å². The van der Waals surface area contributed by atoms with Gasteiger partial charge in [-0.1, -0.05) is 36.4 Å². The molecule has 11 heteroatoms. The summed E-state index contributed by atoms with van der Waals surface area (Å²) in [6, 6.07) is 17.4. The summed E-state index contributed by atoms with van der Waals surface area (Å²) < 4.78 is 55.8. The monoisotopic (exact) mass is 579 g/mol. The number of amides is 2. The number of benzene rings is 3. The number of likely N-dealkylation sites (N-methyl/N-ethyl adjacent to an activating group) is 1. The third-order valence-corrected chi connectivity index (χ3v) is 7.22. The third kappa shape index (κ3) is 5.27. The number of fused-ring (bicyclic) bond motifs is 1. The number of hydrogen-bond donors (Lipinski definition) is 2. The number of anilines is 1. The Morgan fingerprint density at radius 2 is 1.67 bits per heavy atom. The Morgan fingerprint density at radius 1 is 1.00 bits per heavy atom. The van der Waals surface area contributed by atoms with E-state index >= 15 is 0 Å². The fourth-order valence-electron chi connectivity index (χ4n) is 5.32. The van der Waals surface area contributed by atoms with Gasteiger partial charge >= 0.3 is 6.18 Å². The van der Waals surface area contributed by atoms with Gasteiger partial charge in [-0.3, -0.25) is 14.5 Å². The molecular weight excluding hydrogens is 550 g/mol. The zero-order chi connectivity index (χ0) is 30.4. The van der Waals surface area contributed by atoms with Crippen LogP contribution in [-0.4, -0.2) is 34.2 Å². The summed E-state index contributed by atoms with van der Waals surface area (Å²) in [4.78, 5) is 29.1. The first kappa shape index (κ1) is 29.0. The second kappa shape index (κ2) is 10.7. The van der Waals surface area contributed by atoms with E-state index in [-0.39, 0.29) is 12.1 Å². The van der Waals surface area contributed by atoms with Crippen molar-refractivity contribution in [2.24, 2.45) is 5.73 Å². The fourth-order valence-corrected chi connectivity index (χ4v) is 5.32. The Kier molecular flexibility index (Phi) is 7.40. The standard InChI is InChI=1S/C31H29F4N5O2/c1-4-39-28-24(26(30(2,3)36)38-40(28)22-11-6-5-7-12-22)23(18-13-15-21(32)16-14-18)25(29(39)42)37-27(41)19-9-8-10-20(17-19)31(33,34)35/h5-17,23,25H,4,36H2,1-3H3,(H,37,41)/t23-,25-/m0/s1. The van der Waals surface area contributed by atoms with Crippen LogP contribution in [0.3, 0.4) is 0 Å². The molecule has 7 nitrogen and oxygen atoms in total. The molecule has 1 aromatic heterocycles. The maximum absolute atomic E-state index is 14.2. The summed E-state index contributed by atoms with van der Waals surface area (Å²) in [5, 5.41) is 7.55. The molecule has 1 aliphatic rings. The van der Waals surface area contributed by atoms with Crippen LogP contribution in [0.5, 0.6) is 0 Å². The second-order valence-corrected chi connectivity index (χ2v) is 10.7. The number of nitrogens with one attached hydrogen (secondary N) is 1. The van der Waals surface area contributed by atoms with Crippen molar-refractivity contribution in [2.75, 3.05) is 11.4 Å². The predicted molar refractivity (Wildman–Crippen MR) is 150 cm³/mol. The topological polar surface area (TPSA) is 93.2 Å². The molecule has 3 N–H and O–H groups in total. The van der Waals surface area contributed by atoms with Crippen LogP contribution in [0.15, 0.2) is 78.9 Å². The second-order valence-electron chi connectivity index (χ2n) is 10.7. The number of hydrogen-bond acceptors (Lipinski definition) is 4. The minimum absolute atomic E-state index is 0.195. The summed E-state index contributed by atoms with van der Waals surface area (Å²) in [5.74, 6) is -2.31. The molecule has 4 aromatic rings. The quantitative estimate of drug-likeness (QED) is 0.294. The zero-order valence-electron chi connectivity index (χ0n) is 23.1. The summed E-state index contributed by atoms with van der Waals surface area (Å²) in [6.45, 7) is 5.48. The molecule has 0 spiro atoms. The molecular formula is C31H29F4N5O2. The van der Waals surface area contributed by atoms with Gasteiger partial charge in [0.25, 0.3) is 11.8 Å². The number of alkyl halides is 3. The van der Waals surface area contributed by atoms with Crippen molar-refractivity contribution >= 4 is 17.6 Å². The van der Waals surface area contributed by atoms with Crippen molar-refractivity contribution in [3.05, 3.63) is 113 Å². The number of nitrogens with two attached hydrogens (primary N) is 1. The SMILES string of the molecule is CCN1C(=O)[C@@H](NC(=O)c2cccc(C(F)(F)F)c2)[C@@H](c2ccc(F)cc2)c2c(C(C)(C)N)nn(-c3ccccc3)c21. The van der Waals surface area contributed by atoms with E-state index in [1.54, 1.807) is 25.5 Å². The van der Waals surface area contributed by atoms with Gasteiger partial charge in [-0.15, -0.1) is 0 Å². The molecule has 0 radical (unpaired) electrons. The van der Waals surface area contributed by atoms with Crippen LogP contribution < -0.4 is 16.0 Å². The highest BCUT2D eigenvalue weighted by atomic mass is 19.4. The summed E-state index contributed by atoms with van der Waals surface area (Å²) in [5.41, 5.74) is 6.51. The number of aromatic nitrogens is 2. The lowest BCUT2D eigenvalue weighted by Gasteiger charge is -2.39. The van der Waals surface area contributed by atoms with Crippen LogP contribution in [0.25, 0.3) is 5.69 Å². The molecule has 0 saturated heterocycles. The number of para-hydroxylation sites is 1. The van der Waals surface area contributed by atoms with Crippen molar-refractivity contribution < 1.29 is 27.2 Å². The van der Waals surface area contributed by atoms with E-state index in [2.05, 4.69) is 5.32 Å². The minimum Gasteiger partial charge on any atom is -0.339 e. The fraction of sp³-hybridized carbons (Fsp3) is 0.258. The van der Waals surface area contributed by atoms with Crippen LogP contribution in [0.1, 0.15) is 59.4 Å². The number of nitrogens with zero attached hydrogens (tertiary/aromatic N) is 3. The molecule has 3 aromatic carbocycles. The normalized spacial score (nSPS) is 17.2. The van der Waals surface area contributed by atoms with Gasteiger partial charge in [0.05, 0.1) is 22.5 Å². The van der Waals surface area contributed by atoms with Gasteiger partial charge in [0, 0.05) is 23.6 Å².